The van der Waals surface area contributed by atoms with Crippen LogP contribution < -0.4 is 10.1 Å². The van der Waals surface area contributed by atoms with E-state index in [1.54, 1.807) is 12.1 Å². The van der Waals surface area contributed by atoms with Gasteiger partial charge in [-0.1, -0.05) is 30.3 Å². The lowest BCUT2D eigenvalue weighted by Gasteiger charge is -2.07. The topological polar surface area (TPSA) is 51.2 Å². The number of anilines is 1. The van der Waals surface area contributed by atoms with E-state index in [0.717, 1.165) is 17.7 Å². The number of ether oxygens (including phenoxy) is 1. The average molecular weight is 352 g/mol. The Labute approximate surface area is 148 Å². The molecule has 0 atom stereocenters. The van der Waals surface area contributed by atoms with Crippen LogP contribution in [0.25, 0.3) is 6.08 Å². The van der Waals surface area contributed by atoms with E-state index in [9.17, 15) is 13.6 Å². The van der Waals surface area contributed by atoms with Crippen molar-refractivity contribution in [1.29, 1.82) is 0 Å². The number of benzene rings is 2. The van der Waals surface area contributed by atoms with Gasteiger partial charge in [0.05, 0.1) is 11.9 Å². The Kier molecular flexibility index (Phi) is 5.34. The highest BCUT2D eigenvalue weighted by molar-refractivity contribution is 6.01. The van der Waals surface area contributed by atoms with Crippen LogP contribution in [-0.2, 0) is 4.79 Å². The van der Waals surface area contributed by atoms with Crippen LogP contribution in [0.15, 0.2) is 72.9 Å². The second-order valence-electron chi connectivity index (χ2n) is 5.30. The third-order valence-corrected chi connectivity index (χ3v) is 3.34. The molecule has 0 aliphatic carbocycles. The van der Waals surface area contributed by atoms with Crippen LogP contribution >= 0.6 is 0 Å². The van der Waals surface area contributed by atoms with E-state index in [0.29, 0.717) is 5.69 Å². The summed E-state index contributed by atoms with van der Waals surface area (Å²) >= 11 is 0. The van der Waals surface area contributed by atoms with Gasteiger partial charge in [-0.2, -0.15) is 0 Å². The summed E-state index contributed by atoms with van der Waals surface area (Å²) in [6.07, 6.45) is 4.48. The molecule has 26 heavy (non-hydrogen) atoms. The summed E-state index contributed by atoms with van der Waals surface area (Å²) in [6, 6.07) is 15.4. The number of halogens is 2. The first kappa shape index (κ1) is 17.3. The van der Waals surface area contributed by atoms with Crippen molar-refractivity contribution in [3.63, 3.8) is 0 Å². The van der Waals surface area contributed by atoms with Gasteiger partial charge in [-0.15, -0.1) is 0 Å². The minimum absolute atomic E-state index is 0.119. The molecule has 130 valence electrons. The number of aromatic nitrogens is 1. The molecular formula is C20H14F2N2O2. The lowest BCUT2D eigenvalue weighted by molar-refractivity contribution is -0.111. The van der Waals surface area contributed by atoms with Gasteiger partial charge in [-0.3, -0.25) is 4.79 Å². The summed E-state index contributed by atoms with van der Waals surface area (Å²) in [5, 5.41) is 2.65. The molecule has 0 fully saturated rings. The Bertz CT molecular complexity index is 926. The number of rotatable bonds is 5. The van der Waals surface area contributed by atoms with Gasteiger partial charge in [0.25, 0.3) is 0 Å². The van der Waals surface area contributed by atoms with Gasteiger partial charge < -0.3 is 10.1 Å². The van der Waals surface area contributed by atoms with Crippen molar-refractivity contribution in [2.45, 2.75) is 0 Å². The van der Waals surface area contributed by atoms with Gasteiger partial charge in [0.1, 0.15) is 5.82 Å². The average Bonchev–Trinajstić information content (AvgIpc) is 2.65. The number of hydrogen-bond donors (Lipinski definition) is 1. The van der Waals surface area contributed by atoms with Crippen LogP contribution in [0.2, 0.25) is 0 Å². The molecule has 0 saturated carbocycles. The molecule has 0 aliphatic rings. The Balaban J connectivity index is 1.60. The largest absolute Gasteiger partial charge is 0.436 e. The molecule has 0 spiro atoms. The molecule has 3 rings (SSSR count). The zero-order valence-electron chi connectivity index (χ0n) is 13.5. The van der Waals surface area contributed by atoms with Crippen molar-refractivity contribution in [3.8, 4) is 11.6 Å². The number of carbonyl (C=O) groups is 1. The Morgan fingerprint density at radius 1 is 1.04 bits per heavy atom. The standard InChI is InChI=1S/C20H14F2N2O2/c21-15-7-9-18(17(22)12-15)26-20-11-8-16(13-23-20)24-19(25)10-6-14-4-2-1-3-5-14/h1-13H,(H,24,25). The van der Waals surface area contributed by atoms with E-state index in [1.807, 2.05) is 30.3 Å². The summed E-state index contributed by atoms with van der Waals surface area (Å²) in [4.78, 5) is 15.9. The molecule has 0 saturated heterocycles. The maximum atomic E-state index is 13.6. The van der Waals surface area contributed by atoms with Crippen molar-refractivity contribution >= 4 is 17.7 Å². The normalized spacial score (nSPS) is 10.7. The number of pyridine rings is 1. The zero-order chi connectivity index (χ0) is 18.4. The highest BCUT2D eigenvalue weighted by Crippen LogP contribution is 2.24. The number of nitrogens with zero attached hydrogens (tertiary/aromatic N) is 1. The number of carbonyl (C=O) groups excluding carboxylic acids is 1. The second kappa shape index (κ2) is 8.02. The minimum Gasteiger partial charge on any atom is -0.436 e. The molecule has 1 heterocycles. The third-order valence-electron chi connectivity index (χ3n) is 3.34. The fraction of sp³-hybridized carbons (Fsp3) is 0. The predicted molar refractivity (Wildman–Crippen MR) is 94.8 cm³/mol. The first-order chi connectivity index (χ1) is 12.6. The number of hydrogen-bond acceptors (Lipinski definition) is 3. The smallest absolute Gasteiger partial charge is 0.248 e. The lowest BCUT2D eigenvalue weighted by atomic mass is 10.2. The molecule has 3 aromatic rings. The predicted octanol–water partition coefficient (Wildman–Crippen LogP) is 4.80. The first-order valence-corrected chi connectivity index (χ1v) is 7.73. The van der Waals surface area contributed by atoms with Gasteiger partial charge in [0.2, 0.25) is 11.8 Å². The molecule has 6 heteroatoms. The van der Waals surface area contributed by atoms with Crippen molar-refractivity contribution in [3.05, 3.63) is 90.1 Å². The Hall–Kier alpha value is -3.54. The van der Waals surface area contributed by atoms with Crippen molar-refractivity contribution in [2.75, 3.05) is 5.32 Å². The van der Waals surface area contributed by atoms with E-state index >= 15 is 0 Å². The highest BCUT2D eigenvalue weighted by Gasteiger charge is 2.07. The molecule has 2 aromatic carbocycles. The molecule has 1 N–H and O–H groups in total. The molecule has 0 aliphatic heterocycles. The van der Waals surface area contributed by atoms with Crippen molar-refractivity contribution < 1.29 is 18.3 Å². The lowest BCUT2D eigenvalue weighted by Crippen LogP contribution is -2.07. The van der Waals surface area contributed by atoms with Crippen LogP contribution in [0, 0.1) is 11.6 Å². The summed E-state index contributed by atoms with van der Waals surface area (Å²) in [7, 11) is 0. The van der Waals surface area contributed by atoms with E-state index in [-0.39, 0.29) is 17.5 Å². The van der Waals surface area contributed by atoms with E-state index in [4.69, 9.17) is 4.74 Å². The Morgan fingerprint density at radius 2 is 1.85 bits per heavy atom. The monoisotopic (exact) mass is 352 g/mol. The van der Waals surface area contributed by atoms with Gasteiger partial charge in [0, 0.05) is 18.2 Å². The van der Waals surface area contributed by atoms with Gasteiger partial charge in [-0.25, -0.2) is 13.8 Å². The minimum atomic E-state index is -0.824. The first-order valence-electron chi connectivity index (χ1n) is 7.73. The van der Waals surface area contributed by atoms with Crippen LogP contribution in [0.3, 0.4) is 0 Å². The van der Waals surface area contributed by atoms with Crippen LogP contribution in [0.1, 0.15) is 5.56 Å². The van der Waals surface area contributed by atoms with Gasteiger partial charge >= 0.3 is 0 Å². The van der Waals surface area contributed by atoms with Crippen LogP contribution in [-0.4, -0.2) is 10.9 Å². The summed E-state index contributed by atoms with van der Waals surface area (Å²) in [6.45, 7) is 0. The SMILES string of the molecule is O=C(C=Cc1ccccc1)Nc1ccc(Oc2ccc(F)cc2F)nc1. The van der Waals surface area contributed by atoms with E-state index in [1.165, 1.54) is 24.4 Å². The maximum Gasteiger partial charge on any atom is 0.248 e. The molecule has 0 unspecified atom stereocenters. The molecular weight excluding hydrogens is 338 g/mol. The molecule has 0 bridgehead atoms. The number of amides is 1. The Morgan fingerprint density at radius 3 is 2.54 bits per heavy atom. The fourth-order valence-corrected chi connectivity index (χ4v) is 2.11. The second-order valence-corrected chi connectivity index (χ2v) is 5.30. The summed E-state index contributed by atoms with van der Waals surface area (Å²) in [5.41, 5.74) is 1.37. The molecule has 1 amide bonds. The van der Waals surface area contributed by atoms with Gasteiger partial charge in [0.15, 0.2) is 11.6 Å². The number of nitrogens with one attached hydrogen (secondary N) is 1. The third kappa shape index (κ3) is 4.73. The van der Waals surface area contributed by atoms with Crippen molar-refractivity contribution in [2.24, 2.45) is 0 Å². The highest BCUT2D eigenvalue weighted by atomic mass is 19.1. The molecule has 4 nitrogen and oxygen atoms in total. The summed E-state index contributed by atoms with van der Waals surface area (Å²) in [5.74, 6) is -1.84. The zero-order valence-corrected chi connectivity index (χ0v) is 13.5. The fourth-order valence-electron chi connectivity index (χ4n) is 2.11. The quantitative estimate of drug-likeness (QED) is 0.671. The summed E-state index contributed by atoms with van der Waals surface area (Å²) < 4.78 is 31.7. The maximum absolute atomic E-state index is 13.6. The van der Waals surface area contributed by atoms with Crippen LogP contribution in [0.4, 0.5) is 14.5 Å². The van der Waals surface area contributed by atoms with E-state index < -0.39 is 11.6 Å². The van der Waals surface area contributed by atoms with Crippen molar-refractivity contribution in [1.82, 2.24) is 4.98 Å². The molecule has 0 radical (unpaired) electrons. The van der Waals surface area contributed by atoms with Gasteiger partial charge in [-0.05, 0) is 29.8 Å². The van der Waals surface area contributed by atoms with Crippen LogP contribution in [0.5, 0.6) is 11.6 Å². The van der Waals surface area contributed by atoms with E-state index in [2.05, 4.69) is 10.3 Å². The molecule has 1 aromatic heterocycles.